The summed E-state index contributed by atoms with van der Waals surface area (Å²) in [6.45, 7) is 9.86. The lowest BCUT2D eigenvalue weighted by Gasteiger charge is -2.29. The van der Waals surface area contributed by atoms with Crippen molar-refractivity contribution in [3.05, 3.63) is 35.4 Å². The molecular formula is C25H44N2O5. The monoisotopic (exact) mass is 452 g/mol. The standard InChI is InChI=1S/C25H44N2O5/c1-5-6-7-8-14-27(17-21(29)23(31)22(30)18-28)15-13-26-24(32)20-11-9-19(10-12-20)16-25(2,3)4/h9-12,21-23,28-31H,5-8,13-18H2,1-4H3,(H,26,32)/t21-,22+,23+/m0/s1. The lowest BCUT2D eigenvalue weighted by Crippen LogP contribution is -2.47. The van der Waals surface area contributed by atoms with Crippen LogP contribution in [0.4, 0.5) is 0 Å². The van der Waals surface area contributed by atoms with E-state index in [1.54, 1.807) is 0 Å². The molecule has 1 rings (SSSR count). The van der Waals surface area contributed by atoms with Crippen molar-refractivity contribution in [3.8, 4) is 0 Å². The van der Waals surface area contributed by atoms with Crippen LogP contribution in [0.2, 0.25) is 0 Å². The predicted molar refractivity (Wildman–Crippen MR) is 128 cm³/mol. The van der Waals surface area contributed by atoms with Gasteiger partial charge in [-0.3, -0.25) is 9.69 Å². The molecule has 1 amide bonds. The summed E-state index contributed by atoms with van der Waals surface area (Å²) in [6, 6.07) is 7.67. The number of carbonyl (C=O) groups is 1. The zero-order valence-corrected chi connectivity index (χ0v) is 20.3. The van der Waals surface area contributed by atoms with Crippen LogP contribution in [0.1, 0.15) is 69.3 Å². The summed E-state index contributed by atoms with van der Waals surface area (Å²) in [7, 11) is 0. The number of nitrogens with one attached hydrogen (secondary N) is 1. The van der Waals surface area contributed by atoms with Crippen LogP contribution in [-0.4, -0.2) is 82.3 Å². The summed E-state index contributed by atoms with van der Waals surface area (Å²) in [5.74, 6) is -0.144. The quantitative estimate of drug-likeness (QED) is 0.260. The van der Waals surface area contributed by atoms with E-state index >= 15 is 0 Å². The molecule has 0 aromatic heterocycles. The maximum atomic E-state index is 12.5. The van der Waals surface area contributed by atoms with E-state index in [4.69, 9.17) is 5.11 Å². The number of aliphatic hydroxyl groups excluding tert-OH is 4. The first-order chi connectivity index (χ1) is 15.1. The molecule has 1 aromatic rings. The van der Waals surface area contributed by atoms with Crippen LogP contribution in [-0.2, 0) is 6.42 Å². The number of hydrogen-bond acceptors (Lipinski definition) is 6. The third-order valence-electron chi connectivity index (χ3n) is 5.41. The molecule has 0 aliphatic rings. The summed E-state index contributed by atoms with van der Waals surface area (Å²) < 4.78 is 0. The highest BCUT2D eigenvalue weighted by molar-refractivity contribution is 5.94. The smallest absolute Gasteiger partial charge is 0.251 e. The highest BCUT2D eigenvalue weighted by Crippen LogP contribution is 2.20. The van der Waals surface area contributed by atoms with Gasteiger partial charge in [-0.25, -0.2) is 0 Å². The van der Waals surface area contributed by atoms with Gasteiger partial charge in [0.25, 0.3) is 5.91 Å². The van der Waals surface area contributed by atoms with Crippen molar-refractivity contribution >= 4 is 5.91 Å². The first kappa shape index (κ1) is 28.5. The van der Waals surface area contributed by atoms with Crippen molar-refractivity contribution < 1.29 is 25.2 Å². The average molecular weight is 453 g/mol. The van der Waals surface area contributed by atoms with Gasteiger partial charge in [0.15, 0.2) is 0 Å². The van der Waals surface area contributed by atoms with E-state index in [1.165, 1.54) is 5.56 Å². The fourth-order valence-corrected chi connectivity index (χ4v) is 3.61. The number of amides is 1. The maximum Gasteiger partial charge on any atom is 0.251 e. The Labute approximate surface area is 193 Å². The van der Waals surface area contributed by atoms with E-state index < -0.39 is 24.9 Å². The highest BCUT2D eigenvalue weighted by atomic mass is 16.4. The fraction of sp³-hybridized carbons (Fsp3) is 0.720. The molecule has 0 fully saturated rings. The first-order valence-electron chi connectivity index (χ1n) is 11.8. The number of unbranched alkanes of at least 4 members (excludes halogenated alkanes) is 3. The van der Waals surface area contributed by atoms with Crippen LogP contribution in [0.15, 0.2) is 24.3 Å². The van der Waals surface area contributed by atoms with E-state index in [2.05, 4.69) is 33.0 Å². The van der Waals surface area contributed by atoms with Crippen LogP contribution in [0.25, 0.3) is 0 Å². The maximum absolute atomic E-state index is 12.5. The summed E-state index contributed by atoms with van der Waals surface area (Å²) in [5, 5.41) is 41.7. The highest BCUT2D eigenvalue weighted by Gasteiger charge is 2.25. The number of nitrogens with zero attached hydrogens (tertiary/aromatic N) is 1. The molecular weight excluding hydrogens is 408 g/mol. The molecule has 0 aliphatic carbocycles. The number of hydrogen-bond donors (Lipinski definition) is 5. The molecule has 7 nitrogen and oxygen atoms in total. The molecule has 32 heavy (non-hydrogen) atoms. The van der Waals surface area contributed by atoms with E-state index in [9.17, 15) is 20.1 Å². The lowest BCUT2D eigenvalue weighted by atomic mass is 9.88. The Kier molecular flexibility index (Phi) is 13.0. The molecule has 7 heteroatoms. The van der Waals surface area contributed by atoms with Gasteiger partial charge in [0.1, 0.15) is 12.2 Å². The second-order valence-corrected chi connectivity index (χ2v) is 9.86. The zero-order valence-electron chi connectivity index (χ0n) is 20.3. The van der Waals surface area contributed by atoms with Gasteiger partial charge >= 0.3 is 0 Å². The lowest BCUT2D eigenvalue weighted by molar-refractivity contribution is -0.0840. The third kappa shape index (κ3) is 11.4. The Morgan fingerprint density at radius 2 is 1.66 bits per heavy atom. The molecule has 0 heterocycles. The molecule has 5 N–H and O–H groups in total. The van der Waals surface area contributed by atoms with Crippen LogP contribution < -0.4 is 5.32 Å². The minimum absolute atomic E-state index is 0.144. The van der Waals surface area contributed by atoms with Gasteiger partial charge < -0.3 is 25.7 Å². The average Bonchev–Trinajstić information content (AvgIpc) is 2.74. The van der Waals surface area contributed by atoms with Crippen LogP contribution in [0.5, 0.6) is 0 Å². The van der Waals surface area contributed by atoms with Gasteiger partial charge in [0, 0.05) is 25.2 Å². The van der Waals surface area contributed by atoms with Crippen LogP contribution in [0, 0.1) is 5.41 Å². The van der Waals surface area contributed by atoms with Gasteiger partial charge in [-0.2, -0.15) is 0 Å². The minimum Gasteiger partial charge on any atom is -0.394 e. The Morgan fingerprint density at radius 3 is 2.22 bits per heavy atom. The SMILES string of the molecule is CCCCCCN(CCNC(=O)c1ccc(CC(C)(C)C)cc1)C[C@H](O)[C@@H](O)[C@H](O)CO. The van der Waals surface area contributed by atoms with Gasteiger partial charge in [0.2, 0.25) is 0 Å². The van der Waals surface area contributed by atoms with E-state index in [1.807, 2.05) is 29.2 Å². The van der Waals surface area contributed by atoms with Gasteiger partial charge in [-0.15, -0.1) is 0 Å². The largest absolute Gasteiger partial charge is 0.394 e. The fourth-order valence-electron chi connectivity index (χ4n) is 3.61. The molecule has 1 aromatic carbocycles. The summed E-state index contributed by atoms with van der Waals surface area (Å²) in [4.78, 5) is 14.5. The number of aliphatic hydroxyl groups is 4. The van der Waals surface area contributed by atoms with Gasteiger partial charge in [-0.1, -0.05) is 59.1 Å². The number of carbonyl (C=O) groups excluding carboxylic acids is 1. The molecule has 0 radical (unpaired) electrons. The van der Waals surface area contributed by atoms with Crippen molar-refractivity contribution in [2.45, 2.75) is 78.1 Å². The Hall–Kier alpha value is -1.51. The molecule has 0 bridgehead atoms. The van der Waals surface area contributed by atoms with E-state index in [0.29, 0.717) is 18.7 Å². The molecule has 184 valence electrons. The second-order valence-electron chi connectivity index (χ2n) is 9.86. The molecule has 0 aliphatic heterocycles. The third-order valence-corrected chi connectivity index (χ3v) is 5.41. The van der Waals surface area contributed by atoms with Crippen LogP contribution >= 0.6 is 0 Å². The number of rotatable bonds is 15. The Morgan fingerprint density at radius 1 is 1.00 bits per heavy atom. The summed E-state index contributed by atoms with van der Waals surface area (Å²) in [5.41, 5.74) is 2.00. The normalized spacial score (nSPS) is 14.9. The Bertz CT molecular complexity index is 645. The van der Waals surface area contributed by atoms with Crippen molar-refractivity contribution in [3.63, 3.8) is 0 Å². The molecule has 0 saturated carbocycles. The van der Waals surface area contributed by atoms with Gasteiger partial charge in [0.05, 0.1) is 12.7 Å². The summed E-state index contributed by atoms with van der Waals surface area (Å²) in [6.07, 6.45) is 1.22. The van der Waals surface area contributed by atoms with Crippen molar-refractivity contribution in [2.24, 2.45) is 5.41 Å². The zero-order chi connectivity index (χ0) is 24.1. The predicted octanol–water partition coefficient (Wildman–Crippen LogP) is 1.96. The van der Waals surface area contributed by atoms with E-state index in [-0.39, 0.29) is 17.9 Å². The minimum atomic E-state index is -1.42. The van der Waals surface area contributed by atoms with Crippen LogP contribution in [0.3, 0.4) is 0 Å². The molecule has 3 atom stereocenters. The van der Waals surface area contributed by atoms with Gasteiger partial charge in [-0.05, 0) is 42.5 Å². The Balaban J connectivity index is 2.58. The van der Waals surface area contributed by atoms with Crippen molar-refractivity contribution in [1.82, 2.24) is 10.2 Å². The summed E-state index contributed by atoms with van der Waals surface area (Å²) >= 11 is 0. The van der Waals surface area contributed by atoms with E-state index in [0.717, 1.165) is 38.6 Å². The number of benzene rings is 1. The van der Waals surface area contributed by atoms with Crippen molar-refractivity contribution in [2.75, 3.05) is 32.8 Å². The molecule has 0 spiro atoms. The molecule has 0 unspecified atom stereocenters. The van der Waals surface area contributed by atoms with Crippen molar-refractivity contribution in [1.29, 1.82) is 0 Å². The molecule has 0 saturated heterocycles. The second kappa shape index (κ2) is 14.6. The topological polar surface area (TPSA) is 113 Å². The first-order valence-corrected chi connectivity index (χ1v) is 11.8.